The number of rotatable bonds is 8. The molecule has 0 radical (unpaired) electrons. The predicted octanol–water partition coefficient (Wildman–Crippen LogP) is 3.59. The second-order valence-corrected chi connectivity index (χ2v) is 9.75. The standard InChI is InChI=1S/C28H28F3NO5/c29-20-8-4-5-9-24(20)37-25-12-19-13-32(16-28(19,35)27(25)34)14-23(33)18-10-21(30)26(22(31)11-18)36-15-17-6-2-1-3-7-17/h1-11,19,23,25,27,33-35H,12-16H2/t19-,23?,25+,27+,28-/m1/s1. The lowest BCUT2D eigenvalue weighted by atomic mass is 9.93. The molecule has 1 aliphatic carbocycles. The molecule has 1 saturated heterocycles. The maximum absolute atomic E-state index is 14.6. The van der Waals surface area contributed by atoms with Crippen molar-refractivity contribution in [2.24, 2.45) is 5.92 Å². The van der Waals surface area contributed by atoms with Crippen LogP contribution in [-0.2, 0) is 6.61 Å². The molecule has 1 saturated carbocycles. The fraction of sp³-hybridized carbons (Fsp3) is 0.357. The topological polar surface area (TPSA) is 82.4 Å². The van der Waals surface area contributed by atoms with Crippen LogP contribution in [0.15, 0.2) is 66.7 Å². The Labute approximate surface area is 212 Å². The van der Waals surface area contributed by atoms with Gasteiger partial charge < -0.3 is 24.8 Å². The minimum absolute atomic E-state index is 0.00245. The first kappa shape index (κ1) is 25.5. The van der Waals surface area contributed by atoms with Crippen LogP contribution in [0.5, 0.6) is 11.5 Å². The Hall–Kier alpha value is -3.11. The molecule has 5 rings (SSSR count). The number of fused-ring (bicyclic) bond motifs is 1. The number of hydrogen-bond acceptors (Lipinski definition) is 6. The highest BCUT2D eigenvalue weighted by Gasteiger charge is 2.59. The molecule has 3 aromatic rings. The van der Waals surface area contributed by atoms with Crippen LogP contribution >= 0.6 is 0 Å². The summed E-state index contributed by atoms with van der Waals surface area (Å²) in [5.41, 5.74) is -0.722. The van der Waals surface area contributed by atoms with Gasteiger partial charge in [0.05, 0.1) is 6.10 Å². The first-order valence-corrected chi connectivity index (χ1v) is 12.1. The Morgan fingerprint density at radius 2 is 1.65 bits per heavy atom. The number of hydrogen-bond donors (Lipinski definition) is 3. The number of likely N-dealkylation sites (tertiary alicyclic amines) is 1. The van der Waals surface area contributed by atoms with Gasteiger partial charge in [-0.3, -0.25) is 4.90 Å². The van der Waals surface area contributed by atoms with Gasteiger partial charge in [0.1, 0.15) is 24.4 Å². The number of aliphatic hydroxyl groups excluding tert-OH is 2. The van der Waals surface area contributed by atoms with Gasteiger partial charge in [-0.05, 0) is 41.8 Å². The van der Waals surface area contributed by atoms with Crippen LogP contribution in [0.3, 0.4) is 0 Å². The highest BCUT2D eigenvalue weighted by Crippen LogP contribution is 2.44. The molecule has 1 unspecified atom stereocenters. The van der Waals surface area contributed by atoms with Gasteiger partial charge in [0.2, 0.25) is 0 Å². The van der Waals surface area contributed by atoms with Crippen molar-refractivity contribution in [1.82, 2.24) is 4.90 Å². The Morgan fingerprint density at radius 3 is 2.32 bits per heavy atom. The second kappa shape index (κ2) is 10.3. The summed E-state index contributed by atoms with van der Waals surface area (Å²) in [5.74, 6) is -3.31. The maximum Gasteiger partial charge on any atom is 0.191 e. The Balaban J connectivity index is 1.20. The molecule has 6 nitrogen and oxygen atoms in total. The predicted molar refractivity (Wildman–Crippen MR) is 128 cm³/mol. The molecule has 1 heterocycles. The van der Waals surface area contributed by atoms with E-state index >= 15 is 0 Å². The summed E-state index contributed by atoms with van der Waals surface area (Å²) >= 11 is 0. The lowest BCUT2D eigenvalue weighted by Crippen LogP contribution is -2.49. The fourth-order valence-corrected chi connectivity index (χ4v) is 5.31. The number of nitrogens with zero attached hydrogens (tertiary/aromatic N) is 1. The average Bonchev–Trinajstić information content (AvgIpc) is 3.30. The van der Waals surface area contributed by atoms with E-state index in [1.165, 1.54) is 18.2 Å². The second-order valence-electron chi connectivity index (χ2n) is 9.75. The van der Waals surface area contributed by atoms with E-state index in [9.17, 15) is 28.5 Å². The van der Waals surface area contributed by atoms with E-state index < -0.39 is 47.1 Å². The molecular weight excluding hydrogens is 487 g/mol. The fourth-order valence-electron chi connectivity index (χ4n) is 5.31. The van der Waals surface area contributed by atoms with Crippen molar-refractivity contribution in [2.45, 2.75) is 36.9 Å². The molecule has 0 bridgehead atoms. The van der Waals surface area contributed by atoms with Gasteiger partial charge in [-0.25, -0.2) is 13.2 Å². The minimum atomic E-state index is -1.51. The third-order valence-corrected chi connectivity index (χ3v) is 7.22. The number of β-amino-alcohol motifs (C(OH)–C–C–N with tert-alkyl or cyclic N) is 2. The SMILES string of the molecule is OC(CN1C[C@H]2C[C@H](Oc3ccccc3F)[C@H](O)[C@@]2(O)C1)c1cc(F)c(OCc2ccccc2)c(F)c1. The summed E-state index contributed by atoms with van der Waals surface area (Å²) < 4.78 is 54.2. The van der Waals surface area contributed by atoms with Crippen LogP contribution in [0.1, 0.15) is 23.7 Å². The molecule has 0 amide bonds. The number of ether oxygens (including phenoxy) is 2. The van der Waals surface area contributed by atoms with E-state index in [1.807, 2.05) is 6.07 Å². The van der Waals surface area contributed by atoms with E-state index in [0.29, 0.717) is 6.54 Å². The van der Waals surface area contributed by atoms with Crippen LogP contribution in [0, 0.1) is 23.4 Å². The number of benzene rings is 3. The highest BCUT2D eigenvalue weighted by atomic mass is 19.1. The van der Waals surface area contributed by atoms with E-state index in [2.05, 4.69) is 0 Å². The van der Waals surface area contributed by atoms with Crippen LogP contribution in [0.2, 0.25) is 0 Å². The monoisotopic (exact) mass is 515 g/mol. The maximum atomic E-state index is 14.6. The van der Waals surface area contributed by atoms with E-state index in [1.54, 1.807) is 35.2 Å². The first-order chi connectivity index (χ1) is 17.7. The first-order valence-electron chi connectivity index (χ1n) is 12.1. The van der Waals surface area contributed by atoms with Crippen LogP contribution in [-0.4, -0.2) is 57.7 Å². The number of halogens is 3. The molecule has 9 heteroatoms. The van der Waals surface area contributed by atoms with Gasteiger partial charge in [-0.1, -0.05) is 42.5 Å². The van der Waals surface area contributed by atoms with Crippen LogP contribution < -0.4 is 9.47 Å². The molecule has 2 fully saturated rings. The molecule has 0 aromatic heterocycles. The molecule has 5 atom stereocenters. The third kappa shape index (κ3) is 5.17. The van der Waals surface area contributed by atoms with Gasteiger partial charge in [0.15, 0.2) is 29.0 Å². The summed E-state index contributed by atoms with van der Waals surface area (Å²) in [6, 6.07) is 16.9. The summed E-state index contributed by atoms with van der Waals surface area (Å²) in [7, 11) is 0. The zero-order valence-electron chi connectivity index (χ0n) is 19.9. The zero-order valence-corrected chi connectivity index (χ0v) is 19.9. The Kier molecular flexibility index (Phi) is 7.13. The van der Waals surface area contributed by atoms with Crippen molar-refractivity contribution in [2.75, 3.05) is 19.6 Å². The van der Waals surface area contributed by atoms with E-state index in [4.69, 9.17) is 9.47 Å². The molecule has 2 aliphatic rings. The van der Waals surface area contributed by atoms with Gasteiger partial charge >= 0.3 is 0 Å². The smallest absolute Gasteiger partial charge is 0.191 e. The third-order valence-electron chi connectivity index (χ3n) is 7.22. The Bertz CT molecular complexity index is 1220. The van der Waals surface area contributed by atoms with Crippen molar-refractivity contribution >= 4 is 0 Å². The van der Waals surface area contributed by atoms with E-state index in [-0.39, 0.29) is 43.3 Å². The van der Waals surface area contributed by atoms with Crippen molar-refractivity contribution in [3.8, 4) is 11.5 Å². The Morgan fingerprint density at radius 1 is 0.973 bits per heavy atom. The number of para-hydroxylation sites is 1. The van der Waals surface area contributed by atoms with Gasteiger partial charge in [-0.15, -0.1) is 0 Å². The molecule has 0 spiro atoms. The van der Waals surface area contributed by atoms with Crippen molar-refractivity contribution in [1.29, 1.82) is 0 Å². The minimum Gasteiger partial charge on any atom is -0.485 e. The van der Waals surface area contributed by atoms with Gasteiger partial charge in [0, 0.05) is 25.6 Å². The number of aliphatic hydroxyl groups is 3. The highest BCUT2D eigenvalue weighted by molar-refractivity contribution is 5.33. The molecular formula is C28H28F3NO5. The van der Waals surface area contributed by atoms with Gasteiger partial charge in [-0.2, -0.15) is 0 Å². The average molecular weight is 516 g/mol. The van der Waals surface area contributed by atoms with Gasteiger partial charge in [0.25, 0.3) is 0 Å². The quantitative estimate of drug-likeness (QED) is 0.426. The van der Waals surface area contributed by atoms with Crippen molar-refractivity contribution in [3.63, 3.8) is 0 Å². The lowest BCUT2D eigenvalue weighted by molar-refractivity contribution is -0.0879. The summed E-state index contributed by atoms with van der Waals surface area (Å²) in [6.07, 6.45) is -3.01. The van der Waals surface area contributed by atoms with Crippen molar-refractivity contribution < 1.29 is 38.0 Å². The largest absolute Gasteiger partial charge is 0.485 e. The van der Waals surface area contributed by atoms with Crippen molar-refractivity contribution in [3.05, 3.63) is 95.3 Å². The molecule has 3 N–H and O–H groups in total. The molecule has 37 heavy (non-hydrogen) atoms. The normalized spacial score (nSPS) is 26.2. The van der Waals surface area contributed by atoms with Crippen LogP contribution in [0.4, 0.5) is 13.2 Å². The summed E-state index contributed by atoms with van der Waals surface area (Å²) in [4.78, 5) is 1.73. The lowest BCUT2D eigenvalue weighted by Gasteiger charge is -2.29. The summed E-state index contributed by atoms with van der Waals surface area (Å²) in [6.45, 7) is 0.336. The zero-order chi connectivity index (χ0) is 26.2. The molecule has 3 aromatic carbocycles. The molecule has 196 valence electrons. The molecule has 1 aliphatic heterocycles. The summed E-state index contributed by atoms with van der Waals surface area (Å²) in [5, 5.41) is 32.6. The van der Waals surface area contributed by atoms with Crippen LogP contribution in [0.25, 0.3) is 0 Å². The van der Waals surface area contributed by atoms with E-state index in [0.717, 1.165) is 17.7 Å².